The van der Waals surface area contributed by atoms with Crippen LogP contribution in [0.25, 0.3) is 0 Å². The molecule has 14 heavy (non-hydrogen) atoms. The Kier molecular flexibility index (Phi) is 4.73. The lowest BCUT2D eigenvalue weighted by Crippen LogP contribution is -2.46. The smallest absolute Gasteiger partial charge is 0.225 e. The number of amides is 1. The van der Waals surface area contributed by atoms with Crippen LogP contribution < -0.4 is 0 Å². The zero-order valence-electron chi connectivity index (χ0n) is 9.13. The van der Waals surface area contributed by atoms with Gasteiger partial charge in [-0.25, -0.2) is 0 Å². The largest absolute Gasteiger partial charge is 0.339 e. The maximum Gasteiger partial charge on any atom is 0.225 e. The van der Waals surface area contributed by atoms with Gasteiger partial charge in [0.25, 0.3) is 0 Å². The van der Waals surface area contributed by atoms with E-state index in [1.807, 2.05) is 18.7 Å². The average Bonchev–Trinajstić information content (AvgIpc) is 2.07. The summed E-state index contributed by atoms with van der Waals surface area (Å²) in [6.07, 6.45) is 4.55. The minimum Gasteiger partial charge on any atom is -0.339 e. The summed E-state index contributed by atoms with van der Waals surface area (Å²) in [7, 11) is 0. The Balaban J connectivity index is 2.46. The molecule has 1 aliphatic carbocycles. The van der Waals surface area contributed by atoms with E-state index in [1.165, 1.54) is 19.3 Å². The fourth-order valence-electron chi connectivity index (χ4n) is 1.73. The summed E-state index contributed by atoms with van der Waals surface area (Å²) in [4.78, 5) is 13.9. The maximum atomic E-state index is 11.9. The van der Waals surface area contributed by atoms with Gasteiger partial charge in [0.2, 0.25) is 5.91 Å². The molecule has 3 heteroatoms. The highest BCUT2D eigenvalue weighted by Crippen LogP contribution is 2.26. The van der Waals surface area contributed by atoms with Crippen LogP contribution >= 0.6 is 11.6 Å². The molecule has 0 heterocycles. The average molecular weight is 218 g/mol. The lowest BCUT2D eigenvalue weighted by atomic mass is 9.90. The predicted molar refractivity (Wildman–Crippen MR) is 59.5 cm³/mol. The SMILES string of the molecule is CC(C)C(=O)N(CCCCl)C1CCC1. The maximum absolute atomic E-state index is 11.9. The molecule has 0 aromatic rings. The van der Waals surface area contributed by atoms with E-state index < -0.39 is 0 Å². The molecule has 0 aliphatic heterocycles. The van der Waals surface area contributed by atoms with Crippen molar-refractivity contribution in [3.05, 3.63) is 0 Å². The number of carbonyl (C=O) groups excluding carboxylic acids is 1. The van der Waals surface area contributed by atoms with E-state index >= 15 is 0 Å². The number of hydrogen-bond acceptors (Lipinski definition) is 1. The number of hydrogen-bond donors (Lipinski definition) is 0. The summed E-state index contributed by atoms with van der Waals surface area (Å²) < 4.78 is 0. The molecule has 82 valence electrons. The van der Waals surface area contributed by atoms with Gasteiger partial charge in [-0.2, -0.15) is 0 Å². The van der Waals surface area contributed by atoms with Crippen LogP contribution in [-0.2, 0) is 4.79 Å². The van der Waals surface area contributed by atoms with E-state index in [0.29, 0.717) is 17.8 Å². The normalized spacial score (nSPS) is 16.9. The van der Waals surface area contributed by atoms with Crippen LogP contribution in [-0.4, -0.2) is 29.3 Å². The second-order valence-corrected chi connectivity index (χ2v) is 4.69. The summed E-state index contributed by atoms with van der Waals surface area (Å²) in [5.41, 5.74) is 0. The van der Waals surface area contributed by atoms with E-state index in [4.69, 9.17) is 11.6 Å². The highest BCUT2D eigenvalue weighted by atomic mass is 35.5. The van der Waals surface area contributed by atoms with Crippen LogP contribution in [0.15, 0.2) is 0 Å². The third kappa shape index (κ3) is 2.88. The lowest BCUT2D eigenvalue weighted by Gasteiger charge is -2.38. The Bertz CT molecular complexity index is 190. The van der Waals surface area contributed by atoms with Crippen LogP contribution in [0.5, 0.6) is 0 Å². The quantitative estimate of drug-likeness (QED) is 0.649. The van der Waals surface area contributed by atoms with Crippen molar-refractivity contribution >= 4 is 17.5 Å². The standard InChI is InChI=1S/C11H20ClNO/c1-9(2)11(14)13(8-4-7-12)10-5-3-6-10/h9-10H,3-8H2,1-2H3. The first-order valence-electron chi connectivity index (χ1n) is 5.53. The third-order valence-electron chi connectivity index (χ3n) is 2.83. The van der Waals surface area contributed by atoms with Gasteiger partial charge in [-0.15, -0.1) is 11.6 Å². The molecule has 1 saturated carbocycles. The molecule has 0 aromatic heterocycles. The van der Waals surface area contributed by atoms with Crippen LogP contribution in [0.2, 0.25) is 0 Å². The van der Waals surface area contributed by atoms with Crippen molar-refractivity contribution in [2.75, 3.05) is 12.4 Å². The molecule has 0 spiro atoms. The fourth-order valence-corrected chi connectivity index (χ4v) is 1.85. The first kappa shape index (κ1) is 11.8. The van der Waals surface area contributed by atoms with Crippen molar-refractivity contribution in [1.29, 1.82) is 0 Å². The van der Waals surface area contributed by atoms with Gasteiger partial charge >= 0.3 is 0 Å². The minimum atomic E-state index is 0.117. The minimum absolute atomic E-state index is 0.117. The second kappa shape index (κ2) is 5.59. The molecule has 0 unspecified atom stereocenters. The molecule has 1 amide bonds. The zero-order valence-corrected chi connectivity index (χ0v) is 9.89. The molecular formula is C11H20ClNO. The van der Waals surface area contributed by atoms with Gasteiger partial charge in [-0.3, -0.25) is 4.79 Å². The van der Waals surface area contributed by atoms with Crippen LogP contribution in [0.1, 0.15) is 39.5 Å². The van der Waals surface area contributed by atoms with Crippen molar-refractivity contribution < 1.29 is 4.79 Å². The fraction of sp³-hybridized carbons (Fsp3) is 0.909. The van der Waals surface area contributed by atoms with E-state index in [1.54, 1.807) is 0 Å². The van der Waals surface area contributed by atoms with Crippen molar-refractivity contribution in [1.82, 2.24) is 4.90 Å². The van der Waals surface area contributed by atoms with Crippen LogP contribution in [0.3, 0.4) is 0 Å². The first-order chi connectivity index (χ1) is 6.66. The summed E-state index contributed by atoms with van der Waals surface area (Å²) in [6, 6.07) is 0.508. The van der Waals surface area contributed by atoms with Crippen molar-refractivity contribution in [2.24, 2.45) is 5.92 Å². The molecule has 0 atom stereocenters. The number of nitrogens with zero attached hydrogens (tertiary/aromatic N) is 1. The molecule has 0 saturated heterocycles. The number of carbonyl (C=O) groups is 1. The van der Waals surface area contributed by atoms with E-state index in [9.17, 15) is 4.79 Å². The van der Waals surface area contributed by atoms with E-state index in [0.717, 1.165) is 13.0 Å². The zero-order chi connectivity index (χ0) is 10.6. The molecule has 0 N–H and O–H groups in total. The lowest BCUT2D eigenvalue weighted by molar-refractivity contribution is -0.138. The first-order valence-corrected chi connectivity index (χ1v) is 6.06. The molecular weight excluding hydrogens is 198 g/mol. The summed E-state index contributed by atoms with van der Waals surface area (Å²) in [5.74, 6) is 1.06. The molecule has 0 radical (unpaired) electrons. The number of rotatable bonds is 5. The van der Waals surface area contributed by atoms with Gasteiger partial charge in [-0.05, 0) is 25.7 Å². The van der Waals surface area contributed by atoms with Gasteiger partial charge in [0, 0.05) is 24.4 Å². The van der Waals surface area contributed by atoms with Gasteiger partial charge in [0.1, 0.15) is 0 Å². The summed E-state index contributed by atoms with van der Waals surface area (Å²) >= 11 is 5.66. The van der Waals surface area contributed by atoms with Crippen molar-refractivity contribution in [3.8, 4) is 0 Å². The Morgan fingerprint density at radius 2 is 2.14 bits per heavy atom. The predicted octanol–water partition coefficient (Wildman–Crippen LogP) is 2.65. The monoisotopic (exact) mass is 217 g/mol. The topological polar surface area (TPSA) is 20.3 Å². The molecule has 0 aromatic carbocycles. The van der Waals surface area contributed by atoms with Gasteiger partial charge in [-0.1, -0.05) is 13.8 Å². The van der Waals surface area contributed by atoms with E-state index in [2.05, 4.69) is 0 Å². The van der Waals surface area contributed by atoms with Gasteiger partial charge in [0.05, 0.1) is 0 Å². The van der Waals surface area contributed by atoms with Gasteiger partial charge < -0.3 is 4.90 Å². The summed E-state index contributed by atoms with van der Waals surface area (Å²) in [6.45, 7) is 4.77. The number of halogens is 1. The van der Waals surface area contributed by atoms with Crippen LogP contribution in [0, 0.1) is 5.92 Å². The van der Waals surface area contributed by atoms with E-state index in [-0.39, 0.29) is 5.92 Å². The molecule has 2 nitrogen and oxygen atoms in total. The molecule has 1 aliphatic rings. The Morgan fingerprint density at radius 1 is 1.50 bits per heavy atom. The van der Waals surface area contributed by atoms with Crippen molar-refractivity contribution in [2.45, 2.75) is 45.6 Å². The van der Waals surface area contributed by atoms with Crippen LogP contribution in [0.4, 0.5) is 0 Å². The van der Waals surface area contributed by atoms with Crippen molar-refractivity contribution in [3.63, 3.8) is 0 Å². The Labute approximate surface area is 91.6 Å². The number of alkyl halides is 1. The molecule has 1 rings (SSSR count). The Morgan fingerprint density at radius 3 is 2.50 bits per heavy atom. The Hall–Kier alpha value is -0.240. The third-order valence-corrected chi connectivity index (χ3v) is 3.09. The molecule has 0 bridgehead atoms. The highest BCUT2D eigenvalue weighted by Gasteiger charge is 2.29. The molecule has 1 fully saturated rings. The summed E-state index contributed by atoms with van der Waals surface area (Å²) in [5, 5.41) is 0. The van der Waals surface area contributed by atoms with Gasteiger partial charge in [0.15, 0.2) is 0 Å². The second-order valence-electron chi connectivity index (χ2n) is 4.31. The highest BCUT2D eigenvalue weighted by molar-refractivity contribution is 6.17.